The van der Waals surface area contributed by atoms with E-state index in [2.05, 4.69) is 28.0 Å². The number of aryl methyl sites for hydroxylation is 3. The second kappa shape index (κ2) is 5.92. The second-order valence-electron chi connectivity index (χ2n) is 4.56. The fraction of sp³-hybridized carbons (Fsp3) is 0.500. The zero-order chi connectivity index (χ0) is 14.0. The van der Waals surface area contributed by atoms with Crippen LogP contribution in [0.15, 0.2) is 21.0 Å². The third-order valence-corrected chi connectivity index (χ3v) is 4.16. The van der Waals surface area contributed by atoms with Crippen LogP contribution >= 0.6 is 15.9 Å². The molecule has 2 aromatic heterocycles. The van der Waals surface area contributed by atoms with Gasteiger partial charge in [0.1, 0.15) is 17.6 Å². The summed E-state index contributed by atoms with van der Waals surface area (Å²) in [6.45, 7) is 4.09. The Balaban J connectivity index is 2.18. The van der Waals surface area contributed by atoms with E-state index < -0.39 is 6.10 Å². The highest BCUT2D eigenvalue weighted by atomic mass is 79.9. The van der Waals surface area contributed by atoms with Gasteiger partial charge >= 0.3 is 0 Å². The quantitative estimate of drug-likeness (QED) is 0.918. The number of rotatable bonds is 5. The summed E-state index contributed by atoms with van der Waals surface area (Å²) in [7, 11) is 1.89. The molecular weight excluding hydrogens is 308 g/mol. The third-order valence-electron chi connectivity index (χ3n) is 3.25. The molecule has 1 atom stereocenters. The zero-order valence-corrected chi connectivity index (χ0v) is 13.1. The zero-order valence-electron chi connectivity index (χ0n) is 11.5. The van der Waals surface area contributed by atoms with Crippen LogP contribution in [0.5, 0.6) is 0 Å². The molecule has 2 heterocycles. The Morgan fingerprint density at radius 3 is 2.63 bits per heavy atom. The first kappa shape index (κ1) is 14.3. The van der Waals surface area contributed by atoms with E-state index in [0.29, 0.717) is 12.2 Å². The van der Waals surface area contributed by atoms with Crippen LogP contribution in [0.2, 0.25) is 0 Å². The maximum Gasteiger partial charge on any atom is 0.133 e. The average Bonchev–Trinajstić information content (AvgIpc) is 2.98. The Labute approximate surface area is 121 Å². The van der Waals surface area contributed by atoms with Crippen molar-refractivity contribution in [1.29, 1.82) is 0 Å². The number of aliphatic hydroxyl groups excluding tert-OH is 1. The summed E-state index contributed by atoms with van der Waals surface area (Å²) in [4.78, 5) is 0. The third kappa shape index (κ3) is 2.92. The summed E-state index contributed by atoms with van der Waals surface area (Å²) in [5.74, 6) is 1.51. The number of halogens is 1. The second-order valence-corrected chi connectivity index (χ2v) is 5.36. The lowest BCUT2D eigenvalue weighted by atomic mass is 10.1. The van der Waals surface area contributed by atoms with Crippen LogP contribution in [-0.4, -0.2) is 14.9 Å². The van der Waals surface area contributed by atoms with E-state index in [1.807, 2.05) is 30.8 Å². The van der Waals surface area contributed by atoms with Crippen LogP contribution in [0.3, 0.4) is 0 Å². The predicted octanol–water partition coefficient (Wildman–Crippen LogP) is 3.18. The highest BCUT2D eigenvalue weighted by Crippen LogP contribution is 2.27. The van der Waals surface area contributed by atoms with Crippen molar-refractivity contribution in [3.05, 3.63) is 39.5 Å². The van der Waals surface area contributed by atoms with Gasteiger partial charge in [-0.15, -0.1) is 0 Å². The van der Waals surface area contributed by atoms with Crippen molar-refractivity contribution in [1.82, 2.24) is 9.78 Å². The first-order valence-corrected chi connectivity index (χ1v) is 7.33. The maximum atomic E-state index is 10.3. The summed E-state index contributed by atoms with van der Waals surface area (Å²) >= 11 is 3.56. The minimum absolute atomic E-state index is 0.487. The van der Waals surface area contributed by atoms with Gasteiger partial charge in [0, 0.05) is 19.9 Å². The molecular formula is C14H19BrN2O2. The Hall–Kier alpha value is -1.07. The van der Waals surface area contributed by atoms with Crippen LogP contribution in [0.4, 0.5) is 0 Å². The number of aliphatic hydroxyl groups is 1. The van der Waals surface area contributed by atoms with Gasteiger partial charge in [0.05, 0.1) is 15.9 Å². The Morgan fingerprint density at radius 2 is 2.11 bits per heavy atom. The van der Waals surface area contributed by atoms with E-state index in [4.69, 9.17) is 4.42 Å². The molecule has 2 aromatic rings. The lowest BCUT2D eigenvalue weighted by Gasteiger charge is -2.08. The van der Waals surface area contributed by atoms with Crippen molar-refractivity contribution >= 4 is 15.9 Å². The minimum atomic E-state index is -0.642. The summed E-state index contributed by atoms with van der Waals surface area (Å²) in [5.41, 5.74) is 2.00. The largest absolute Gasteiger partial charge is 0.463 e. The molecule has 0 spiro atoms. The molecule has 0 saturated carbocycles. The molecule has 0 amide bonds. The van der Waals surface area contributed by atoms with Crippen LogP contribution in [-0.2, 0) is 26.3 Å². The Kier molecular flexibility index (Phi) is 4.47. The van der Waals surface area contributed by atoms with E-state index in [1.165, 1.54) is 0 Å². The molecule has 0 aliphatic heterocycles. The van der Waals surface area contributed by atoms with E-state index >= 15 is 0 Å². The number of furan rings is 1. The van der Waals surface area contributed by atoms with Crippen molar-refractivity contribution in [2.24, 2.45) is 7.05 Å². The first-order chi connectivity index (χ1) is 9.06. The standard InChI is InChI=1S/C14H19BrN2O2/c1-4-9-6-7-13(19-9)12(18)8-11-14(15)10(5-2)16-17(11)3/h6-7,12,18H,4-5,8H2,1-3H3. The molecule has 0 fully saturated rings. The smallest absolute Gasteiger partial charge is 0.133 e. The van der Waals surface area contributed by atoms with Gasteiger partial charge in [-0.25, -0.2) is 0 Å². The molecule has 19 heavy (non-hydrogen) atoms. The fourth-order valence-corrected chi connectivity index (χ4v) is 2.87. The van der Waals surface area contributed by atoms with Gasteiger partial charge in [-0.05, 0) is 34.5 Å². The van der Waals surface area contributed by atoms with Crippen LogP contribution in [0.25, 0.3) is 0 Å². The summed E-state index contributed by atoms with van der Waals surface area (Å²) in [6, 6.07) is 3.75. The van der Waals surface area contributed by atoms with Gasteiger partial charge < -0.3 is 9.52 Å². The van der Waals surface area contributed by atoms with Crippen LogP contribution in [0, 0.1) is 0 Å². The summed E-state index contributed by atoms with van der Waals surface area (Å²) < 4.78 is 8.39. The molecule has 4 nitrogen and oxygen atoms in total. The molecule has 0 aromatic carbocycles. The normalized spacial score (nSPS) is 12.9. The molecule has 1 unspecified atom stereocenters. The molecule has 104 valence electrons. The van der Waals surface area contributed by atoms with E-state index in [0.717, 1.165) is 34.5 Å². The van der Waals surface area contributed by atoms with Crippen molar-refractivity contribution in [2.75, 3.05) is 0 Å². The molecule has 1 N–H and O–H groups in total. The lowest BCUT2D eigenvalue weighted by Crippen LogP contribution is -2.06. The van der Waals surface area contributed by atoms with Gasteiger partial charge in [-0.1, -0.05) is 13.8 Å². The highest BCUT2D eigenvalue weighted by Gasteiger charge is 2.19. The molecule has 5 heteroatoms. The maximum absolute atomic E-state index is 10.3. The van der Waals surface area contributed by atoms with E-state index in [-0.39, 0.29) is 0 Å². The molecule has 0 saturated heterocycles. The molecule has 2 rings (SSSR count). The van der Waals surface area contributed by atoms with Gasteiger partial charge in [-0.2, -0.15) is 5.10 Å². The summed E-state index contributed by atoms with van der Waals surface area (Å²) in [5, 5.41) is 14.7. The van der Waals surface area contributed by atoms with Crippen molar-refractivity contribution in [2.45, 2.75) is 39.2 Å². The topological polar surface area (TPSA) is 51.2 Å². The molecule has 0 bridgehead atoms. The van der Waals surface area contributed by atoms with Crippen molar-refractivity contribution in [3.63, 3.8) is 0 Å². The van der Waals surface area contributed by atoms with Gasteiger partial charge in [-0.3, -0.25) is 4.68 Å². The number of hydrogen-bond acceptors (Lipinski definition) is 3. The van der Waals surface area contributed by atoms with Gasteiger partial charge in [0.2, 0.25) is 0 Å². The Bertz CT molecular complexity index is 560. The summed E-state index contributed by atoms with van der Waals surface area (Å²) in [6.07, 6.45) is 1.55. The van der Waals surface area contributed by atoms with E-state index in [1.54, 1.807) is 0 Å². The molecule has 0 radical (unpaired) electrons. The molecule has 0 aliphatic rings. The van der Waals surface area contributed by atoms with Gasteiger partial charge in [0.15, 0.2) is 0 Å². The van der Waals surface area contributed by atoms with Gasteiger partial charge in [0.25, 0.3) is 0 Å². The lowest BCUT2D eigenvalue weighted by molar-refractivity contribution is 0.146. The van der Waals surface area contributed by atoms with Crippen LogP contribution in [0.1, 0.15) is 42.9 Å². The average molecular weight is 327 g/mol. The van der Waals surface area contributed by atoms with Crippen molar-refractivity contribution in [3.8, 4) is 0 Å². The monoisotopic (exact) mass is 326 g/mol. The Morgan fingerprint density at radius 1 is 1.37 bits per heavy atom. The fourth-order valence-electron chi connectivity index (χ4n) is 2.09. The minimum Gasteiger partial charge on any atom is -0.463 e. The number of hydrogen-bond donors (Lipinski definition) is 1. The molecule has 0 aliphatic carbocycles. The number of nitrogens with zero attached hydrogens (tertiary/aromatic N) is 2. The predicted molar refractivity (Wildman–Crippen MR) is 77.0 cm³/mol. The SMILES string of the molecule is CCc1ccc(C(O)Cc2c(Br)c(CC)nn2C)o1. The highest BCUT2D eigenvalue weighted by molar-refractivity contribution is 9.10. The first-order valence-electron chi connectivity index (χ1n) is 6.53. The number of aromatic nitrogens is 2. The van der Waals surface area contributed by atoms with Crippen LogP contribution < -0.4 is 0 Å². The van der Waals surface area contributed by atoms with Crippen molar-refractivity contribution < 1.29 is 9.52 Å². The van der Waals surface area contributed by atoms with E-state index in [9.17, 15) is 5.11 Å².